The van der Waals surface area contributed by atoms with E-state index >= 15 is 0 Å². The van der Waals surface area contributed by atoms with E-state index in [1.54, 1.807) is 49.4 Å². The molecule has 0 unspecified atom stereocenters. The zero-order valence-electron chi connectivity index (χ0n) is 16.7. The maximum atomic E-state index is 13.4. The standard InChI is InChI=1S/C21H27ClN2O3S/c1-5-7-16(3)23-21(25)14-24(20-9-6-8-19(22)17(20)4)28(26,27)18-12-10-15(2)11-13-18/h6,8-13,16H,5,7,14H2,1-4H3,(H,23,25)/t16-/m1/s1. The molecule has 0 spiro atoms. The molecule has 0 aliphatic rings. The largest absolute Gasteiger partial charge is 0.352 e. The number of anilines is 1. The molecule has 1 amide bonds. The van der Waals surface area contributed by atoms with Crippen molar-refractivity contribution in [1.82, 2.24) is 5.32 Å². The van der Waals surface area contributed by atoms with Gasteiger partial charge in [0.15, 0.2) is 0 Å². The first kappa shape index (κ1) is 22.2. The summed E-state index contributed by atoms with van der Waals surface area (Å²) >= 11 is 6.21. The monoisotopic (exact) mass is 422 g/mol. The van der Waals surface area contributed by atoms with Gasteiger partial charge in [-0.15, -0.1) is 0 Å². The van der Waals surface area contributed by atoms with Gasteiger partial charge in [0.2, 0.25) is 5.91 Å². The third kappa shape index (κ3) is 5.26. The Morgan fingerprint density at radius 2 is 1.79 bits per heavy atom. The molecule has 2 aromatic carbocycles. The number of sulfonamides is 1. The average molecular weight is 423 g/mol. The lowest BCUT2D eigenvalue weighted by Crippen LogP contribution is -2.43. The first-order valence-corrected chi connectivity index (χ1v) is 11.1. The van der Waals surface area contributed by atoms with Crippen LogP contribution < -0.4 is 9.62 Å². The van der Waals surface area contributed by atoms with Crippen molar-refractivity contribution in [2.75, 3.05) is 10.8 Å². The Morgan fingerprint density at radius 1 is 1.14 bits per heavy atom. The SMILES string of the molecule is CCC[C@@H](C)NC(=O)CN(c1cccc(Cl)c1C)S(=O)(=O)c1ccc(C)cc1. The van der Waals surface area contributed by atoms with Gasteiger partial charge >= 0.3 is 0 Å². The summed E-state index contributed by atoms with van der Waals surface area (Å²) in [6, 6.07) is 11.6. The van der Waals surface area contributed by atoms with Crippen molar-refractivity contribution in [3.8, 4) is 0 Å². The molecule has 1 atom stereocenters. The van der Waals surface area contributed by atoms with Crippen molar-refractivity contribution >= 4 is 33.2 Å². The van der Waals surface area contributed by atoms with Gasteiger partial charge in [-0.2, -0.15) is 0 Å². The molecule has 2 aromatic rings. The summed E-state index contributed by atoms with van der Waals surface area (Å²) in [7, 11) is -3.94. The van der Waals surface area contributed by atoms with E-state index in [9.17, 15) is 13.2 Å². The minimum Gasteiger partial charge on any atom is -0.352 e. The van der Waals surface area contributed by atoms with Crippen LogP contribution in [0.2, 0.25) is 5.02 Å². The predicted molar refractivity (Wildman–Crippen MR) is 114 cm³/mol. The quantitative estimate of drug-likeness (QED) is 0.683. The second-order valence-electron chi connectivity index (χ2n) is 6.97. The van der Waals surface area contributed by atoms with E-state index in [4.69, 9.17) is 11.6 Å². The fraction of sp³-hybridized carbons (Fsp3) is 0.381. The van der Waals surface area contributed by atoms with Crippen LogP contribution in [-0.4, -0.2) is 26.9 Å². The number of nitrogens with one attached hydrogen (secondary N) is 1. The summed E-state index contributed by atoms with van der Waals surface area (Å²) in [6.45, 7) is 7.26. The molecular formula is C21H27ClN2O3S. The molecule has 0 saturated carbocycles. The molecule has 152 valence electrons. The van der Waals surface area contributed by atoms with Gasteiger partial charge in [0.05, 0.1) is 10.6 Å². The highest BCUT2D eigenvalue weighted by Crippen LogP contribution is 2.30. The highest BCUT2D eigenvalue weighted by Gasteiger charge is 2.29. The Balaban J connectivity index is 2.45. The maximum absolute atomic E-state index is 13.4. The zero-order valence-corrected chi connectivity index (χ0v) is 18.3. The molecule has 5 nitrogen and oxygen atoms in total. The molecule has 28 heavy (non-hydrogen) atoms. The van der Waals surface area contributed by atoms with Gasteiger partial charge in [0, 0.05) is 11.1 Å². The lowest BCUT2D eigenvalue weighted by atomic mass is 10.2. The zero-order chi connectivity index (χ0) is 20.9. The Kier molecular flexibility index (Phi) is 7.49. The Hall–Kier alpha value is -2.05. The van der Waals surface area contributed by atoms with Crippen molar-refractivity contribution in [2.45, 2.75) is 51.5 Å². The van der Waals surface area contributed by atoms with Crippen LogP contribution in [0.25, 0.3) is 0 Å². The molecule has 7 heteroatoms. The second-order valence-corrected chi connectivity index (χ2v) is 9.24. The lowest BCUT2D eigenvalue weighted by molar-refractivity contribution is -0.120. The smallest absolute Gasteiger partial charge is 0.264 e. The lowest BCUT2D eigenvalue weighted by Gasteiger charge is -2.26. The fourth-order valence-corrected chi connectivity index (χ4v) is 4.61. The van der Waals surface area contributed by atoms with E-state index in [0.717, 1.165) is 22.7 Å². The number of nitrogens with zero attached hydrogens (tertiary/aromatic N) is 1. The summed E-state index contributed by atoms with van der Waals surface area (Å²) in [5.74, 6) is -0.351. The van der Waals surface area contributed by atoms with E-state index in [0.29, 0.717) is 16.3 Å². The first-order chi connectivity index (χ1) is 13.2. The average Bonchev–Trinajstić information content (AvgIpc) is 2.63. The number of carbonyl (C=O) groups excluding carboxylic acids is 1. The number of amides is 1. The van der Waals surface area contributed by atoms with Crippen molar-refractivity contribution in [1.29, 1.82) is 0 Å². The fourth-order valence-electron chi connectivity index (χ4n) is 2.96. The number of hydrogen-bond donors (Lipinski definition) is 1. The van der Waals surface area contributed by atoms with Crippen LogP contribution in [0.15, 0.2) is 47.4 Å². The van der Waals surface area contributed by atoms with Gasteiger partial charge in [-0.05, 0) is 57.0 Å². The summed E-state index contributed by atoms with van der Waals surface area (Å²) in [5.41, 5.74) is 1.95. The topological polar surface area (TPSA) is 66.5 Å². The summed E-state index contributed by atoms with van der Waals surface area (Å²) in [5, 5.41) is 3.32. The van der Waals surface area contributed by atoms with Crippen LogP contribution in [0.3, 0.4) is 0 Å². The van der Waals surface area contributed by atoms with Crippen molar-refractivity contribution in [2.24, 2.45) is 0 Å². The molecule has 0 aliphatic carbocycles. The van der Waals surface area contributed by atoms with Crippen LogP contribution in [0.5, 0.6) is 0 Å². The van der Waals surface area contributed by atoms with Gasteiger partial charge in [-0.25, -0.2) is 8.42 Å². The Bertz CT molecular complexity index is 927. The predicted octanol–water partition coefficient (Wildman–Crippen LogP) is 4.46. The minimum absolute atomic E-state index is 0.0260. The van der Waals surface area contributed by atoms with E-state index in [1.165, 1.54) is 0 Å². The van der Waals surface area contributed by atoms with E-state index in [2.05, 4.69) is 5.32 Å². The molecule has 0 saturated heterocycles. The third-order valence-electron chi connectivity index (χ3n) is 4.53. The first-order valence-electron chi connectivity index (χ1n) is 9.30. The molecule has 0 fully saturated rings. The number of carbonyl (C=O) groups is 1. The number of rotatable bonds is 8. The molecule has 0 radical (unpaired) electrons. The molecular weight excluding hydrogens is 396 g/mol. The molecule has 0 bridgehead atoms. The van der Waals surface area contributed by atoms with Crippen LogP contribution in [-0.2, 0) is 14.8 Å². The van der Waals surface area contributed by atoms with Crippen LogP contribution in [0, 0.1) is 13.8 Å². The maximum Gasteiger partial charge on any atom is 0.264 e. The molecule has 0 aliphatic heterocycles. The normalized spacial score (nSPS) is 12.5. The van der Waals surface area contributed by atoms with Gasteiger partial charge < -0.3 is 5.32 Å². The van der Waals surface area contributed by atoms with E-state index < -0.39 is 10.0 Å². The van der Waals surface area contributed by atoms with Crippen molar-refractivity contribution in [3.05, 3.63) is 58.6 Å². The van der Waals surface area contributed by atoms with E-state index in [-0.39, 0.29) is 23.4 Å². The molecule has 1 N–H and O–H groups in total. The van der Waals surface area contributed by atoms with Gasteiger partial charge in [0.25, 0.3) is 10.0 Å². The Morgan fingerprint density at radius 3 is 2.39 bits per heavy atom. The van der Waals surface area contributed by atoms with Crippen molar-refractivity contribution in [3.63, 3.8) is 0 Å². The summed E-state index contributed by atoms with van der Waals surface area (Å²) in [4.78, 5) is 12.7. The summed E-state index contributed by atoms with van der Waals surface area (Å²) in [6.07, 6.45) is 1.76. The number of benzene rings is 2. The Labute approximate surface area is 172 Å². The second kappa shape index (κ2) is 9.43. The van der Waals surface area contributed by atoms with Crippen molar-refractivity contribution < 1.29 is 13.2 Å². The highest BCUT2D eigenvalue weighted by atomic mass is 35.5. The molecule has 0 heterocycles. The summed E-state index contributed by atoms with van der Waals surface area (Å²) < 4.78 is 27.8. The number of halogens is 1. The molecule has 0 aromatic heterocycles. The van der Waals surface area contributed by atoms with Crippen LogP contribution >= 0.6 is 11.6 Å². The molecule has 2 rings (SSSR count). The highest BCUT2D eigenvalue weighted by molar-refractivity contribution is 7.92. The third-order valence-corrected chi connectivity index (χ3v) is 6.72. The van der Waals surface area contributed by atoms with E-state index in [1.807, 2.05) is 20.8 Å². The number of hydrogen-bond acceptors (Lipinski definition) is 3. The number of aryl methyl sites for hydroxylation is 1. The van der Waals surface area contributed by atoms with Gasteiger partial charge in [-0.3, -0.25) is 9.10 Å². The van der Waals surface area contributed by atoms with Crippen LogP contribution in [0.4, 0.5) is 5.69 Å². The van der Waals surface area contributed by atoms with Crippen LogP contribution in [0.1, 0.15) is 37.8 Å². The minimum atomic E-state index is -3.94. The van der Waals surface area contributed by atoms with Gasteiger partial charge in [-0.1, -0.05) is 48.7 Å². The van der Waals surface area contributed by atoms with Gasteiger partial charge in [0.1, 0.15) is 6.54 Å².